The molecule has 37 heavy (non-hydrogen) atoms. The second kappa shape index (κ2) is 12.6. The number of pyridine rings is 1. The Bertz CT molecular complexity index is 1240. The van der Waals surface area contributed by atoms with E-state index in [0.29, 0.717) is 22.2 Å². The van der Waals surface area contributed by atoms with Gasteiger partial charge in [-0.05, 0) is 54.7 Å². The molecule has 1 atom stereocenters. The molecule has 194 valence electrons. The number of halogens is 2. The van der Waals surface area contributed by atoms with Gasteiger partial charge in [-0.15, -0.1) is 0 Å². The number of amides is 2. The normalized spacial score (nSPS) is 11.5. The molecule has 2 aromatic carbocycles. The van der Waals surface area contributed by atoms with Crippen molar-refractivity contribution >= 4 is 40.6 Å². The van der Waals surface area contributed by atoms with Crippen molar-refractivity contribution in [2.45, 2.75) is 33.2 Å². The van der Waals surface area contributed by atoms with Crippen LogP contribution in [0.3, 0.4) is 0 Å². The summed E-state index contributed by atoms with van der Waals surface area (Å²) >= 11 is 12.2. The molecule has 0 spiro atoms. The van der Waals surface area contributed by atoms with Gasteiger partial charge in [0.1, 0.15) is 6.04 Å². The lowest BCUT2D eigenvalue weighted by atomic mass is 9.95. The van der Waals surface area contributed by atoms with Gasteiger partial charge in [0, 0.05) is 33.6 Å². The number of carbonyl (C=O) groups excluding carboxylic acids is 2. The van der Waals surface area contributed by atoms with Gasteiger partial charge in [0.2, 0.25) is 5.91 Å². The predicted octanol–water partition coefficient (Wildman–Crippen LogP) is 5.84. The summed E-state index contributed by atoms with van der Waals surface area (Å²) in [4.78, 5) is 30.3. The van der Waals surface area contributed by atoms with Crippen LogP contribution in [0.25, 0.3) is 5.57 Å². The molecule has 3 rings (SSSR count). The monoisotopic (exact) mass is 541 g/mol. The van der Waals surface area contributed by atoms with Crippen LogP contribution in [0.1, 0.15) is 48.8 Å². The highest BCUT2D eigenvalue weighted by Gasteiger charge is 2.26. The van der Waals surface area contributed by atoms with Crippen LogP contribution in [0.15, 0.2) is 66.5 Å². The van der Waals surface area contributed by atoms with E-state index in [1.807, 2.05) is 38.1 Å². The van der Waals surface area contributed by atoms with Crippen LogP contribution in [0, 0.1) is 5.92 Å². The van der Waals surface area contributed by atoms with Crippen molar-refractivity contribution in [2.24, 2.45) is 5.92 Å². The molecule has 0 aliphatic rings. The molecule has 1 aromatic heterocycles. The number of nitrogens with zero attached hydrogens (tertiary/aromatic N) is 1. The molecular formula is C28H29Cl2N3O4. The highest BCUT2D eigenvalue weighted by Crippen LogP contribution is 2.29. The fraction of sp³-hybridized carbons (Fsp3) is 0.250. The lowest BCUT2D eigenvalue weighted by molar-refractivity contribution is -0.122. The quantitative estimate of drug-likeness (QED) is 0.315. The Kier molecular flexibility index (Phi) is 9.55. The Morgan fingerprint density at radius 1 is 0.973 bits per heavy atom. The Morgan fingerprint density at radius 2 is 1.51 bits per heavy atom. The maximum Gasteiger partial charge on any atom is 0.274 e. The van der Waals surface area contributed by atoms with Crippen LogP contribution in [-0.2, 0) is 4.79 Å². The van der Waals surface area contributed by atoms with E-state index >= 15 is 0 Å². The fourth-order valence-electron chi connectivity index (χ4n) is 3.86. The number of rotatable bonds is 9. The Morgan fingerprint density at radius 3 is 2.00 bits per heavy atom. The molecule has 0 bridgehead atoms. The van der Waals surface area contributed by atoms with Crippen LogP contribution in [0.5, 0.6) is 11.5 Å². The van der Waals surface area contributed by atoms with E-state index in [4.69, 9.17) is 27.9 Å². The van der Waals surface area contributed by atoms with Crippen molar-refractivity contribution in [1.29, 1.82) is 0 Å². The van der Waals surface area contributed by atoms with Gasteiger partial charge in [0.15, 0.2) is 17.2 Å². The zero-order valence-electron chi connectivity index (χ0n) is 21.0. The molecule has 0 radical (unpaired) electrons. The third kappa shape index (κ3) is 7.24. The van der Waals surface area contributed by atoms with Gasteiger partial charge in [-0.1, -0.05) is 61.3 Å². The van der Waals surface area contributed by atoms with Gasteiger partial charge in [0.25, 0.3) is 5.91 Å². The maximum atomic E-state index is 13.4. The number of hydrogen-bond donors (Lipinski definition) is 3. The summed E-state index contributed by atoms with van der Waals surface area (Å²) < 4.78 is 5.06. The number of allylic oxidation sites excluding steroid dienone is 1. The predicted molar refractivity (Wildman–Crippen MR) is 146 cm³/mol. The summed E-state index contributed by atoms with van der Waals surface area (Å²) in [5.41, 5.74) is 2.83. The van der Waals surface area contributed by atoms with Gasteiger partial charge in [0.05, 0.1) is 7.11 Å². The molecule has 2 amide bonds. The largest absolute Gasteiger partial charge is 0.503 e. The van der Waals surface area contributed by atoms with E-state index in [9.17, 15) is 14.7 Å². The number of ether oxygens (including phenoxy) is 1. The van der Waals surface area contributed by atoms with Crippen molar-refractivity contribution in [1.82, 2.24) is 15.6 Å². The molecule has 3 N–H and O–H groups in total. The Hall–Kier alpha value is -3.55. The highest BCUT2D eigenvalue weighted by molar-refractivity contribution is 6.31. The van der Waals surface area contributed by atoms with Crippen molar-refractivity contribution < 1.29 is 19.4 Å². The minimum atomic E-state index is -0.883. The van der Waals surface area contributed by atoms with Crippen molar-refractivity contribution in [3.63, 3.8) is 0 Å². The summed E-state index contributed by atoms with van der Waals surface area (Å²) in [5, 5.41) is 17.2. The van der Waals surface area contributed by atoms with Gasteiger partial charge < -0.3 is 20.5 Å². The number of hydrogen-bond acceptors (Lipinski definition) is 5. The topological polar surface area (TPSA) is 101 Å². The number of aromatic nitrogens is 1. The molecule has 7 nitrogen and oxygen atoms in total. The van der Waals surface area contributed by atoms with Crippen molar-refractivity contribution in [3.05, 3.63) is 93.4 Å². The number of nitrogens with one attached hydrogen (secondary N) is 2. The summed E-state index contributed by atoms with van der Waals surface area (Å²) in [6, 6.07) is 15.1. The zero-order valence-corrected chi connectivity index (χ0v) is 22.5. The summed E-state index contributed by atoms with van der Waals surface area (Å²) in [6.07, 6.45) is 1.72. The zero-order chi connectivity index (χ0) is 27.1. The SMILES string of the molecule is COc1ccnc(C(=O)N[C@@H](CC(C)C)C(=O)NC(C)=C(c2ccc(Cl)cc2)c2ccc(Cl)cc2)c1O. The molecule has 0 saturated heterocycles. The van der Waals surface area contributed by atoms with E-state index in [1.165, 1.54) is 19.4 Å². The van der Waals surface area contributed by atoms with Crippen LogP contribution in [-0.4, -0.2) is 35.1 Å². The molecule has 3 aromatic rings. The van der Waals surface area contributed by atoms with E-state index in [1.54, 1.807) is 31.2 Å². The standard InChI is InChI=1S/C28H29Cl2N3O4/c1-16(2)15-22(33-28(36)25-26(34)23(37-4)13-14-31-25)27(35)32-17(3)24(18-5-9-20(29)10-6-18)19-7-11-21(30)12-8-19/h5-14,16,22,34H,15H2,1-4H3,(H,32,35)(H,33,36)/t22-/m0/s1. The highest BCUT2D eigenvalue weighted by atomic mass is 35.5. The van der Waals surface area contributed by atoms with E-state index in [-0.39, 0.29) is 17.4 Å². The number of aromatic hydroxyl groups is 1. The van der Waals surface area contributed by atoms with Gasteiger partial charge in [-0.2, -0.15) is 0 Å². The summed E-state index contributed by atoms with van der Waals surface area (Å²) in [6.45, 7) is 5.69. The van der Waals surface area contributed by atoms with Crippen LogP contribution < -0.4 is 15.4 Å². The minimum absolute atomic E-state index is 0.0965. The van der Waals surface area contributed by atoms with Gasteiger partial charge in [-0.3, -0.25) is 9.59 Å². The maximum absolute atomic E-state index is 13.4. The first-order valence-electron chi connectivity index (χ1n) is 11.7. The van der Waals surface area contributed by atoms with Gasteiger partial charge >= 0.3 is 0 Å². The lowest BCUT2D eigenvalue weighted by Gasteiger charge is -2.22. The Labute approximate surface area is 226 Å². The smallest absolute Gasteiger partial charge is 0.274 e. The Balaban J connectivity index is 1.94. The lowest BCUT2D eigenvalue weighted by Crippen LogP contribution is -2.47. The van der Waals surface area contributed by atoms with Crippen molar-refractivity contribution in [2.75, 3.05) is 7.11 Å². The fourth-order valence-corrected chi connectivity index (χ4v) is 4.12. The molecular weight excluding hydrogens is 513 g/mol. The minimum Gasteiger partial charge on any atom is -0.503 e. The van der Waals surface area contributed by atoms with E-state index in [2.05, 4.69) is 15.6 Å². The third-order valence-corrected chi connectivity index (χ3v) is 6.11. The molecule has 1 heterocycles. The average molecular weight is 542 g/mol. The first kappa shape index (κ1) is 28.0. The third-order valence-electron chi connectivity index (χ3n) is 5.60. The molecule has 0 aliphatic carbocycles. The molecule has 9 heteroatoms. The van der Waals surface area contributed by atoms with Crippen LogP contribution in [0.4, 0.5) is 0 Å². The first-order chi connectivity index (χ1) is 17.6. The second-order valence-electron chi connectivity index (χ2n) is 8.87. The van der Waals surface area contributed by atoms with Crippen LogP contribution in [0.2, 0.25) is 10.0 Å². The summed E-state index contributed by atoms with van der Waals surface area (Å²) in [7, 11) is 1.37. The van der Waals surface area contributed by atoms with Crippen molar-refractivity contribution in [3.8, 4) is 11.5 Å². The molecule has 0 aliphatic heterocycles. The first-order valence-corrected chi connectivity index (χ1v) is 12.4. The van der Waals surface area contributed by atoms with Crippen LogP contribution >= 0.6 is 23.2 Å². The van der Waals surface area contributed by atoms with E-state index < -0.39 is 23.6 Å². The average Bonchev–Trinajstić information content (AvgIpc) is 2.86. The number of methoxy groups -OCH3 is 1. The number of carbonyl (C=O) groups is 2. The molecule has 0 unspecified atom stereocenters. The van der Waals surface area contributed by atoms with E-state index in [0.717, 1.165) is 16.7 Å². The second-order valence-corrected chi connectivity index (χ2v) is 9.74. The van der Waals surface area contributed by atoms with Gasteiger partial charge in [-0.25, -0.2) is 4.98 Å². The number of benzene rings is 2. The summed E-state index contributed by atoms with van der Waals surface area (Å²) in [5.74, 6) is -1.27. The molecule has 0 fully saturated rings. The molecule has 0 saturated carbocycles.